The third-order valence-corrected chi connectivity index (χ3v) is 5.76. The number of amides is 1. The van der Waals surface area contributed by atoms with Gasteiger partial charge < -0.3 is 15.2 Å². The second-order valence-corrected chi connectivity index (χ2v) is 9.22. The molecule has 2 aromatic rings. The highest BCUT2D eigenvalue weighted by Crippen LogP contribution is 2.53. The van der Waals surface area contributed by atoms with E-state index >= 15 is 0 Å². The van der Waals surface area contributed by atoms with Gasteiger partial charge in [-0.15, -0.1) is 0 Å². The zero-order chi connectivity index (χ0) is 20.5. The van der Waals surface area contributed by atoms with Crippen LogP contribution >= 0.6 is 23.2 Å². The molecule has 28 heavy (non-hydrogen) atoms. The van der Waals surface area contributed by atoms with Crippen LogP contribution in [0.15, 0.2) is 36.7 Å². The number of ether oxygens (including phenoxy) is 1. The lowest BCUT2D eigenvalue weighted by Crippen LogP contribution is -2.51. The van der Waals surface area contributed by atoms with Gasteiger partial charge in [-0.05, 0) is 36.5 Å². The molecule has 1 aliphatic rings. The van der Waals surface area contributed by atoms with Crippen molar-refractivity contribution in [3.05, 3.63) is 46.7 Å². The lowest BCUT2D eigenvalue weighted by molar-refractivity contribution is 0.111. The molecule has 1 unspecified atom stereocenters. The summed E-state index contributed by atoms with van der Waals surface area (Å²) in [5, 5.41) is 13.0. The normalized spacial score (nSPS) is 16.3. The Morgan fingerprint density at radius 3 is 2.46 bits per heavy atom. The smallest absolute Gasteiger partial charge is 0.404 e. The summed E-state index contributed by atoms with van der Waals surface area (Å²) < 4.78 is 6.05. The Morgan fingerprint density at radius 1 is 1.29 bits per heavy atom. The average molecular weight is 423 g/mol. The number of benzene rings is 1. The van der Waals surface area contributed by atoms with Gasteiger partial charge in [0.2, 0.25) is 0 Å². The van der Waals surface area contributed by atoms with Crippen molar-refractivity contribution in [1.29, 1.82) is 0 Å². The first-order valence-corrected chi connectivity index (χ1v) is 9.90. The molecular weight excluding hydrogens is 399 g/mol. The first-order valence-electron chi connectivity index (χ1n) is 9.14. The van der Waals surface area contributed by atoms with Crippen molar-refractivity contribution in [2.24, 2.45) is 10.8 Å². The van der Waals surface area contributed by atoms with Crippen LogP contribution in [0.1, 0.15) is 33.6 Å². The number of hydrogen-bond acceptors (Lipinski definition) is 3. The van der Waals surface area contributed by atoms with Crippen molar-refractivity contribution < 1.29 is 14.6 Å². The van der Waals surface area contributed by atoms with Gasteiger partial charge >= 0.3 is 6.09 Å². The Morgan fingerprint density at radius 2 is 1.93 bits per heavy atom. The summed E-state index contributed by atoms with van der Waals surface area (Å²) >= 11 is 12.6. The van der Waals surface area contributed by atoms with Gasteiger partial charge in [-0.3, -0.25) is 4.98 Å². The van der Waals surface area contributed by atoms with Gasteiger partial charge in [0.1, 0.15) is 5.75 Å². The summed E-state index contributed by atoms with van der Waals surface area (Å²) in [6.07, 6.45) is 4.15. The molecule has 1 atom stereocenters. The van der Waals surface area contributed by atoms with E-state index < -0.39 is 6.09 Å². The molecule has 0 spiro atoms. The van der Waals surface area contributed by atoms with Crippen molar-refractivity contribution in [3.63, 3.8) is 0 Å². The molecule has 0 bridgehead atoms. The van der Waals surface area contributed by atoms with Crippen molar-refractivity contribution in [2.75, 3.05) is 6.61 Å². The summed E-state index contributed by atoms with van der Waals surface area (Å²) in [6.45, 7) is 6.52. The second kappa shape index (κ2) is 7.80. The first kappa shape index (κ1) is 20.7. The highest BCUT2D eigenvalue weighted by Gasteiger charge is 2.54. The maximum atomic E-state index is 11.3. The predicted molar refractivity (Wildman–Crippen MR) is 111 cm³/mol. The quantitative estimate of drug-likeness (QED) is 0.607. The number of carboxylic acid groups (broad SMARTS) is 1. The van der Waals surface area contributed by atoms with Crippen LogP contribution in [-0.2, 0) is 0 Å². The van der Waals surface area contributed by atoms with E-state index in [1.165, 1.54) is 0 Å². The first-order chi connectivity index (χ1) is 13.1. The molecule has 3 rings (SSSR count). The van der Waals surface area contributed by atoms with E-state index in [1.807, 2.05) is 26.8 Å². The van der Waals surface area contributed by atoms with Gasteiger partial charge in [0.05, 0.1) is 12.8 Å². The number of nitrogens with one attached hydrogen (secondary N) is 1. The van der Waals surface area contributed by atoms with Gasteiger partial charge in [-0.1, -0.05) is 50.0 Å². The second-order valence-electron chi connectivity index (χ2n) is 8.41. The van der Waals surface area contributed by atoms with E-state index in [1.54, 1.807) is 30.6 Å². The summed E-state index contributed by atoms with van der Waals surface area (Å²) in [6, 6.07) is 7.00. The summed E-state index contributed by atoms with van der Waals surface area (Å²) in [7, 11) is 0. The minimum Gasteiger partial charge on any atom is -0.491 e. The van der Waals surface area contributed by atoms with Gasteiger partial charge in [0.15, 0.2) is 0 Å². The SMILES string of the molecule is CC(C)(C)C(NC(=O)O)C1(COc2cncc(-c3c(Cl)cccc3Cl)c2)CC1. The maximum absolute atomic E-state index is 11.3. The van der Waals surface area contributed by atoms with Crippen LogP contribution in [0.4, 0.5) is 4.79 Å². The maximum Gasteiger partial charge on any atom is 0.404 e. The Labute approximate surface area is 175 Å². The van der Waals surface area contributed by atoms with Gasteiger partial charge in [0.25, 0.3) is 0 Å². The van der Waals surface area contributed by atoms with Crippen molar-refractivity contribution >= 4 is 29.3 Å². The van der Waals surface area contributed by atoms with E-state index in [-0.39, 0.29) is 16.9 Å². The van der Waals surface area contributed by atoms with E-state index in [9.17, 15) is 9.90 Å². The van der Waals surface area contributed by atoms with Crippen LogP contribution in [-0.4, -0.2) is 28.8 Å². The molecule has 0 radical (unpaired) electrons. The monoisotopic (exact) mass is 422 g/mol. The molecule has 1 fully saturated rings. The number of hydrogen-bond donors (Lipinski definition) is 2. The summed E-state index contributed by atoms with van der Waals surface area (Å²) in [5.41, 5.74) is 1.05. The number of nitrogens with zero attached hydrogens (tertiary/aromatic N) is 1. The number of carbonyl (C=O) groups is 1. The van der Waals surface area contributed by atoms with Gasteiger partial charge in [-0.25, -0.2) is 4.79 Å². The van der Waals surface area contributed by atoms with Crippen molar-refractivity contribution in [3.8, 4) is 16.9 Å². The molecule has 1 aromatic heterocycles. The zero-order valence-corrected chi connectivity index (χ0v) is 17.6. The minimum atomic E-state index is -1.01. The zero-order valence-electron chi connectivity index (χ0n) is 16.1. The van der Waals surface area contributed by atoms with Crippen LogP contribution in [0.3, 0.4) is 0 Å². The fraction of sp³-hybridized carbons (Fsp3) is 0.429. The van der Waals surface area contributed by atoms with E-state index in [4.69, 9.17) is 27.9 Å². The van der Waals surface area contributed by atoms with Crippen molar-refractivity contribution in [2.45, 2.75) is 39.7 Å². The molecule has 1 saturated carbocycles. The van der Waals surface area contributed by atoms with E-state index in [2.05, 4.69) is 10.3 Å². The van der Waals surface area contributed by atoms with Gasteiger partial charge in [-0.2, -0.15) is 0 Å². The lowest BCUT2D eigenvalue weighted by atomic mass is 9.77. The predicted octanol–water partition coefficient (Wildman–Crippen LogP) is 5.90. The standard InChI is InChI=1S/C21H24Cl2N2O3/c1-20(2,3)18(25-19(26)27)21(7-8-21)12-28-14-9-13(10-24-11-14)17-15(22)5-4-6-16(17)23/h4-6,9-11,18,25H,7-8,12H2,1-3H3,(H,26,27). The fourth-order valence-corrected chi connectivity index (χ4v) is 4.34. The molecule has 2 N–H and O–H groups in total. The molecule has 7 heteroatoms. The molecule has 0 aliphatic heterocycles. The van der Waals surface area contributed by atoms with Crippen LogP contribution in [0.5, 0.6) is 5.75 Å². The Balaban J connectivity index is 1.79. The fourth-order valence-electron chi connectivity index (χ4n) is 3.72. The Kier molecular flexibility index (Phi) is 5.78. The van der Waals surface area contributed by atoms with Gasteiger partial charge in [0, 0.05) is 38.8 Å². The van der Waals surface area contributed by atoms with E-state index in [0.717, 1.165) is 18.4 Å². The largest absolute Gasteiger partial charge is 0.491 e. The highest BCUT2D eigenvalue weighted by molar-refractivity contribution is 6.39. The third kappa shape index (κ3) is 4.53. The topological polar surface area (TPSA) is 71.5 Å². The molecule has 1 heterocycles. The average Bonchev–Trinajstić information content (AvgIpc) is 3.38. The molecule has 0 saturated heterocycles. The third-order valence-electron chi connectivity index (χ3n) is 5.13. The van der Waals surface area contributed by atoms with Crippen molar-refractivity contribution in [1.82, 2.24) is 10.3 Å². The minimum absolute atomic E-state index is 0.202. The van der Waals surface area contributed by atoms with Crippen LogP contribution in [0, 0.1) is 10.8 Å². The molecule has 5 nitrogen and oxygen atoms in total. The van der Waals surface area contributed by atoms with Crippen LogP contribution in [0.2, 0.25) is 10.0 Å². The summed E-state index contributed by atoms with van der Waals surface area (Å²) in [5.74, 6) is 0.600. The molecular formula is C21H24Cl2N2O3. The van der Waals surface area contributed by atoms with Crippen LogP contribution in [0.25, 0.3) is 11.1 Å². The van der Waals surface area contributed by atoms with Crippen LogP contribution < -0.4 is 10.1 Å². The molecule has 1 amide bonds. The lowest BCUT2D eigenvalue weighted by Gasteiger charge is -2.37. The molecule has 1 aromatic carbocycles. The number of pyridine rings is 1. The Bertz CT molecular complexity index is 856. The number of halogens is 2. The van der Waals surface area contributed by atoms with E-state index in [0.29, 0.717) is 28.0 Å². The highest BCUT2D eigenvalue weighted by atomic mass is 35.5. The summed E-state index contributed by atoms with van der Waals surface area (Å²) in [4.78, 5) is 15.5. The number of rotatable bonds is 6. The molecule has 150 valence electrons. The number of aromatic nitrogens is 1. The molecule has 1 aliphatic carbocycles. The Hall–Kier alpha value is -1.98.